The zero-order valence-electron chi connectivity index (χ0n) is 16.3. The number of nitrogens with one attached hydrogen (secondary N) is 2. The van der Waals surface area contributed by atoms with Crippen LogP contribution < -0.4 is 32.1 Å². The summed E-state index contributed by atoms with van der Waals surface area (Å²) >= 11 is 1.86. The molecule has 0 saturated heterocycles. The molecule has 1 aliphatic heterocycles. The van der Waals surface area contributed by atoms with Crippen molar-refractivity contribution in [1.29, 1.82) is 0 Å². The Bertz CT molecular complexity index is 1010. The molecule has 1 aliphatic rings. The van der Waals surface area contributed by atoms with Crippen LogP contribution in [-0.2, 0) is 7.05 Å². The molecule has 0 unspecified atom stereocenters. The van der Waals surface area contributed by atoms with Gasteiger partial charge in [0.05, 0.1) is 19.8 Å². The van der Waals surface area contributed by atoms with Crippen molar-refractivity contribution < 1.29 is 21.4 Å². The normalized spacial score (nSPS) is 13.0. The fraction of sp³-hybridized carbons (Fsp3) is 0.250. The molecule has 2 aromatic heterocycles. The van der Waals surface area contributed by atoms with Gasteiger partial charge in [-0.05, 0) is 29.5 Å². The van der Waals surface area contributed by atoms with E-state index in [-0.39, 0.29) is 34.0 Å². The third-order valence-electron chi connectivity index (χ3n) is 4.47. The highest BCUT2D eigenvalue weighted by molar-refractivity contribution is 8.93. The minimum atomic E-state index is 0. The van der Waals surface area contributed by atoms with Crippen LogP contribution in [-0.4, -0.2) is 35.6 Å². The number of hydrazone groups is 1. The number of rotatable bonds is 5. The van der Waals surface area contributed by atoms with E-state index in [4.69, 9.17) is 0 Å². The number of benzene rings is 1. The lowest BCUT2D eigenvalue weighted by Crippen LogP contribution is -3.00. The van der Waals surface area contributed by atoms with Gasteiger partial charge in [0.1, 0.15) is 12.4 Å². The number of hydrogen-bond acceptors (Lipinski definition) is 5. The summed E-state index contributed by atoms with van der Waals surface area (Å²) in [6, 6.07) is 12.8. The van der Waals surface area contributed by atoms with Crippen LogP contribution in [0.4, 0.5) is 0 Å². The molecule has 0 fully saturated rings. The van der Waals surface area contributed by atoms with Gasteiger partial charge >= 0.3 is 0 Å². The zero-order chi connectivity index (χ0) is 18.6. The Labute approximate surface area is 196 Å². The quantitative estimate of drug-likeness (QED) is 0.208. The second-order valence-electron chi connectivity index (χ2n) is 6.29. The van der Waals surface area contributed by atoms with Gasteiger partial charge in [0.25, 0.3) is 5.65 Å². The molecule has 3 heterocycles. The van der Waals surface area contributed by atoms with Crippen molar-refractivity contribution in [3.63, 3.8) is 0 Å². The van der Waals surface area contributed by atoms with Gasteiger partial charge in [-0.15, -0.1) is 28.7 Å². The van der Waals surface area contributed by atoms with E-state index in [0.717, 1.165) is 30.4 Å². The predicted octanol–water partition coefficient (Wildman–Crippen LogP) is 0.00740. The average molecular weight is 540 g/mol. The molecule has 1 aromatic carbocycles. The lowest BCUT2D eigenvalue weighted by Gasteiger charge is -2.00. The van der Waals surface area contributed by atoms with Crippen molar-refractivity contribution in [3.05, 3.63) is 54.4 Å². The van der Waals surface area contributed by atoms with E-state index < -0.39 is 0 Å². The number of pyridine rings is 1. The summed E-state index contributed by atoms with van der Waals surface area (Å²) in [6.45, 7) is 3.84. The highest BCUT2D eigenvalue weighted by atomic mass is 79.9. The number of nitrogens with zero attached hydrogens (tertiary/aromatic N) is 4. The van der Waals surface area contributed by atoms with Gasteiger partial charge in [0, 0.05) is 23.1 Å². The van der Waals surface area contributed by atoms with Crippen LogP contribution >= 0.6 is 28.7 Å². The van der Waals surface area contributed by atoms with Crippen LogP contribution in [0.2, 0.25) is 0 Å². The third kappa shape index (κ3) is 5.40. The lowest BCUT2D eigenvalue weighted by atomic mass is 10.1. The van der Waals surface area contributed by atoms with Gasteiger partial charge in [0.15, 0.2) is 5.69 Å². The summed E-state index contributed by atoms with van der Waals surface area (Å²) in [7, 11) is 2.10. The van der Waals surface area contributed by atoms with Crippen LogP contribution in [0, 0.1) is 0 Å². The number of imidazole rings is 1. The lowest BCUT2D eigenvalue weighted by molar-refractivity contribution is -0.512. The Morgan fingerprint density at radius 3 is 2.72 bits per heavy atom. The van der Waals surface area contributed by atoms with Crippen LogP contribution in [0.1, 0.15) is 12.5 Å². The Balaban J connectivity index is 0.00000150. The van der Waals surface area contributed by atoms with Crippen LogP contribution in [0.3, 0.4) is 0 Å². The van der Waals surface area contributed by atoms with Gasteiger partial charge in [-0.2, -0.15) is 5.10 Å². The van der Waals surface area contributed by atoms with Crippen molar-refractivity contribution in [1.82, 2.24) is 15.3 Å². The molecule has 154 valence electrons. The smallest absolute Gasteiger partial charge is 0.286 e. The topological polar surface area (TPSA) is 57.8 Å². The first-order chi connectivity index (χ1) is 13.2. The molecule has 0 atom stereocenters. The Morgan fingerprint density at radius 1 is 1.24 bits per heavy atom. The number of guanidine groups is 1. The molecule has 3 aromatic rings. The molecule has 0 amide bonds. The minimum Gasteiger partial charge on any atom is -1.00 e. The fourth-order valence-electron chi connectivity index (χ4n) is 3.12. The molecule has 29 heavy (non-hydrogen) atoms. The fourth-order valence-corrected chi connectivity index (χ4v) is 3.81. The second kappa shape index (κ2) is 10.8. The van der Waals surface area contributed by atoms with E-state index in [1.165, 1.54) is 21.8 Å². The largest absolute Gasteiger partial charge is 1.00 e. The van der Waals surface area contributed by atoms with Gasteiger partial charge in [-0.1, -0.05) is 19.1 Å². The molecule has 9 heteroatoms. The second-order valence-corrected chi connectivity index (χ2v) is 7.62. The first kappa shape index (κ1) is 23.4. The van der Waals surface area contributed by atoms with Crippen LogP contribution in [0.15, 0.2) is 63.8 Å². The summed E-state index contributed by atoms with van der Waals surface area (Å²) in [5.74, 6) is 1.81. The van der Waals surface area contributed by atoms with E-state index in [0.29, 0.717) is 0 Å². The van der Waals surface area contributed by atoms with Crippen molar-refractivity contribution in [2.45, 2.75) is 11.8 Å². The number of hydrogen-bond donors (Lipinski definition) is 2. The summed E-state index contributed by atoms with van der Waals surface area (Å²) in [6.07, 6.45) is 6.18. The maximum atomic E-state index is 4.24. The summed E-state index contributed by atoms with van der Waals surface area (Å²) < 4.78 is 4.41. The molecular weight excluding hydrogens is 516 g/mol. The van der Waals surface area contributed by atoms with Crippen LogP contribution in [0.5, 0.6) is 0 Å². The van der Waals surface area contributed by atoms with E-state index >= 15 is 0 Å². The maximum Gasteiger partial charge on any atom is 0.286 e. The Kier molecular flexibility index (Phi) is 8.73. The SMILES string of the molecule is Br.CCSc1ccc2n(C)c(-c3ccc(/C=N/NC4=NCCN4)cc3)c[n+]2c1.[Br-]. The average Bonchev–Trinajstić information content (AvgIpc) is 3.31. The van der Waals surface area contributed by atoms with E-state index in [1.54, 1.807) is 6.21 Å². The summed E-state index contributed by atoms with van der Waals surface area (Å²) in [5, 5.41) is 7.35. The van der Waals surface area contributed by atoms with Gasteiger partial charge in [-0.3, -0.25) is 0 Å². The van der Waals surface area contributed by atoms with E-state index in [9.17, 15) is 0 Å². The van der Waals surface area contributed by atoms with Gasteiger partial charge < -0.3 is 22.3 Å². The first-order valence-electron chi connectivity index (χ1n) is 9.06. The van der Waals surface area contributed by atoms with Crippen molar-refractivity contribution in [2.24, 2.45) is 17.1 Å². The van der Waals surface area contributed by atoms with Crippen molar-refractivity contribution in [3.8, 4) is 11.3 Å². The molecular formula is C20H24Br2N6S. The number of fused-ring (bicyclic) bond motifs is 1. The van der Waals surface area contributed by atoms with E-state index in [2.05, 4.69) is 92.6 Å². The Hall–Kier alpha value is -1.84. The minimum absolute atomic E-state index is 0. The summed E-state index contributed by atoms with van der Waals surface area (Å²) in [5.41, 5.74) is 7.49. The van der Waals surface area contributed by atoms with Crippen molar-refractivity contribution in [2.75, 3.05) is 18.8 Å². The molecule has 0 bridgehead atoms. The molecule has 2 N–H and O–H groups in total. The van der Waals surface area contributed by atoms with Gasteiger partial charge in [0.2, 0.25) is 5.96 Å². The number of aliphatic imine (C=N–C) groups is 1. The maximum absolute atomic E-state index is 4.24. The Morgan fingerprint density at radius 2 is 2.03 bits per heavy atom. The van der Waals surface area contributed by atoms with Crippen molar-refractivity contribution >= 4 is 46.6 Å². The van der Waals surface area contributed by atoms with Crippen LogP contribution in [0.25, 0.3) is 16.9 Å². The van der Waals surface area contributed by atoms with E-state index in [1.807, 2.05) is 11.8 Å². The standard InChI is InChI=1S/C20H23N6S.2BrH/c1-3-27-17-8-9-19-25(2)18(14-26(19)13-17)16-6-4-15(5-7-16)12-23-24-20-21-10-11-22-20;;/h4-9,12-14H,3,10-11H2,1-2H3,(H2,21,22,24);2*1H/q+1;;/p-1/b23-12+;;. The zero-order valence-corrected chi connectivity index (χ0v) is 20.4. The van der Waals surface area contributed by atoms with Gasteiger partial charge in [-0.25, -0.2) is 19.4 Å². The summed E-state index contributed by atoms with van der Waals surface area (Å²) in [4.78, 5) is 5.53. The highest BCUT2D eigenvalue weighted by Crippen LogP contribution is 2.22. The monoisotopic (exact) mass is 538 g/mol. The molecule has 4 rings (SSSR count). The number of thioether (sulfide) groups is 1. The molecule has 0 spiro atoms. The number of aromatic nitrogens is 2. The molecule has 0 saturated carbocycles. The predicted molar refractivity (Wildman–Crippen MR) is 122 cm³/mol. The molecule has 0 radical (unpaired) electrons. The first-order valence-corrected chi connectivity index (χ1v) is 10.0. The third-order valence-corrected chi connectivity index (χ3v) is 5.33. The highest BCUT2D eigenvalue weighted by Gasteiger charge is 2.16. The molecule has 0 aliphatic carbocycles. The number of halogens is 2. The number of aryl methyl sites for hydroxylation is 1. The molecule has 6 nitrogen and oxygen atoms in total.